The third kappa shape index (κ3) is 3.21. The molecule has 5 nitrogen and oxygen atoms in total. The molecule has 5 heteroatoms. The zero-order valence-electron chi connectivity index (χ0n) is 13.7. The van der Waals surface area contributed by atoms with Crippen LogP contribution in [0.3, 0.4) is 0 Å². The monoisotopic (exact) mass is 311 g/mol. The van der Waals surface area contributed by atoms with Crippen molar-refractivity contribution in [2.24, 2.45) is 0 Å². The van der Waals surface area contributed by atoms with Crippen molar-refractivity contribution in [1.82, 2.24) is 9.88 Å². The molecule has 0 N–H and O–H groups in total. The first-order valence-corrected chi connectivity index (χ1v) is 7.96. The normalized spacial score (nSPS) is 23.2. The number of carbonyl (C=O) groups excluding carboxylic acids is 1. The van der Waals surface area contributed by atoms with Gasteiger partial charge in [0.2, 0.25) is 0 Å². The maximum atomic E-state index is 12.4. The number of hydrogen-bond acceptors (Lipinski definition) is 4. The van der Waals surface area contributed by atoms with Gasteiger partial charge in [-0.15, -0.1) is 0 Å². The third-order valence-corrected chi connectivity index (χ3v) is 4.25. The minimum Gasteiger partial charge on any atom is -0.444 e. The number of pyridine rings is 1. The highest BCUT2D eigenvalue weighted by Crippen LogP contribution is 2.39. The van der Waals surface area contributed by atoms with Crippen molar-refractivity contribution in [2.75, 3.05) is 0 Å². The van der Waals surface area contributed by atoms with Crippen LogP contribution in [0.4, 0.5) is 4.79 Å². The molecule has 0 aliphatic carbocycles. The van der Waals surface area contributed by atoms with Gasteiger partial charge >= 0.3 is 6.09 Å². The molecule has 0 radical (unpaired) electrons. The van der Waals surface area contributed by atoms with Crippen LogP contribution in [-0.2, 0) is 4.74 Å². The molecule has 1 aromatic rings. The highest BCUT2D eigenvalue weighted by Gasteiger charge is 2.41. The second-order valence-electron chi connectivity index (χ2n) is 7.12. The van der Waals surface area contributed by atoms with Crippen LogP contribution in [-0.4, -0.2) is 33.7 Å². The molecule has 3 rings (SSSR count). The van der Waals surface area contributed by atoms with Gasteiger partial charge in [0.25, 0.3) is 0 Å². The van der Waals surface area contributed by atoms with E-state index in [1.54, 1.807) is 6.20 Å². The van der Waals surface area contributed by atoms with Gasteiger partial charge in [0.15, 0.2) is 0 Å². The fourth-order valence-electron chi connectivity index (χ4n) is 3.33. The minimum absolute atomic E-state index is 0.0808. The molecule has 120 valence electrons. The van der Waals surface area contributed by atoms with Crippen molar-refractivity contribution >= 4 is 11.7 Å². The number of fused-ring (bicyclic) bond motifs is 2. The first-order chi connectivity index (χ1) is 10.9. The topological polar surface area (TPSA) is 66.2 Å². The van der Waals surface area contributed by atoms with Crippen LogP contribution >= 0.6 is 0 Å². The maximum Gasteiger partial charge on any atom is 0.411 e. The van der Waals surface area contributed by atoms with E-state index >= 15 is 0 Å². The second kappa shape index (κ2) is 5.69. The molecule has 2 atom stereocenters. The number of nitriles is 1. The van der Waals surface area contributed by atoms with Gasteiger partial charge in [-0.1, -0.05) is 6.08 Å². The zero-order chi connectivity index (χ0) is 16.6. The Morgan fingerprint density at radius 3 is 2.87 bits per heavy atom. The van der Waals surface area contributed by atoms with Gasteiger partial charge in [0.1, 0.15) is 17.4 Å². The highest BCUT2D eigenvalue weighted by molar-refractivity contribution is 5.75. The fraction of sp³-hybridized carbons (Fsp3) is 0.500. The second-order valence-corrected chi connectivity index (χ2v) is 7.12. The molecular weight excluding hydrogens is 290 g/mol. The van der Waals surface area contributed by atoms with Crippen molar-refractivity contribution in [3.8, 4) is 6.07 Å². The summed E-state index contributed by atoms with van der Waals surface area (Å²) in [5.41, 5.74) is 2.16. The smallest absolute Gasteiger partial charge is 0.411 e. The maximum absolute atomic E-state index is 12.4. The number of rotatable bonds is 1. The molecule has 1 fully saturated rings. The van der Waals surface area contributed by atoms with Gasteiger partial charge in [-0.2, -0.15) is 5.26 Å². The summed E-state index contributed by atoms with van der Waals surface area (Å²) >= 11 is 0. The Labute approximate surface area is 136 Å². The van der Waals surface area contributed by atoms with Gasteiger partial charge in [0, 0.05) is 12.2 Å². The first kappa shape index (κ1) is 15.5. The van der Waals surface area contributed by atoms with Gasteiger partial charge < -0.3 is 4.74 Å². The predicted octanol–water partition coefficient (Wildman–Crippen LogP) is 3.51. The molecule has 3 heterocycles. The van der Waals surface area contributed by atoms with E-state index in [1.807, 2.05) is 37.8 Å². The molecule has 2 bridgehead atoms. The molecule has 2 aliphatic rings. The van der Waals surface area contributed by atoms with Crippen LogP contribution in [0.15, 0.2) is 24.4 Å². The number of nitrogens with zero attached hydrogens (tertiary/aromatic N) is 3. The lowest BCUT2D eigenvalue weighted by molar-refractivity contribution is 0.0175. The molecule has 1 amide bonds. The largest absolute Gasteiger partial charge is 0.444 e. The van der Waals surface area contributed by atoms with Crippen molar-refractivity contribution in [1.29, 1.82) is 5.26 Å². The zero-order valence-corrected chi connectivity index (χ0v) is 13.7. The van der Waals surface area contributed by atoms with E-state index in [4.69, 9.17) is 10.00 Å². The number of carbonyl (C=O) groups is 1. The summed E-state index contributed by atoms with van der Waals surface area (Å²) in [5.74, 6) is 0. The van der Waals surface area contributed by atoms with E-state index in [2.05, 4.69) is 17.1 Å². The molecular formula is C18H21N3O2. The lowest BCUT2D eigenvalue weighted by atomic mass is 9.95. The van der Waals surface area contributed by atoms with Crippen molar-refractivity contribution < 1.29 is 9.53 Å². The van der Waals surface area contributed by atoms with E-state index in [0.717, 1.165) is 24.8 Å². The fourth-order valence-corrected chi connectivity index (χ4v) is 3.33. The van der Waals surface area contributed by atoms with Gasteiger partial charge in [-0.05, 0) is 63.3 Å². The summed E-state index contributed by atoms with van der Waals surface area (Å²) in [4.78, 5) is 18.3. The molecule has 0 saturated carbocycles. The van der Waals surface area contributed by atoms with E-state index < -0.39 is 5.60 Å². The molecule has 1 aromatic heterocycles. The molecule has 23 heavy (non-hydrogen) atoms. The number of amides is 1. The van der Waals surface area contributed by atoms with Gasteiger partial charge in [0.05, 0.1) is 6.04 Å². The van der Waals surface area contributed by atoms with E-state index in [1.165, 1.54) is 5.57 Å². The molecule has 2 unspecified atom stereocenters. The highest BCUT2D eigenvalue weighted by atomic mass is 16.6. The third-order valence-electron chi connectivity index (χ3n) is 4.25. The van der Waals surface area contributed by atoms with E-state index in [9.17, 15) is 4.79 Å². The Hall–Kier alpha value is -2.35. The van der Waals surface area contributed by atoms with Crippen LogP contribution in [0.25, 0.3) is 5.57 Å². The van der Waals surface area contributed by atoms with E-state index in [0.29, 0.717) is 5.69 Å². The van der Waals surface area contributed by atoms with Gasteiger partial charge in [-0.3, -0.25) is 4.90 Å². The molecule has 0 spiro atoms. The number of hydrogen-bond donors (Lipinski definition) is 0. The van der Waals surface area contributed by atoms with Crippen LogP contribution in [0.5, 0.6) is 0 Å². The van der Waals surface area contributed by atoms with Crippen LogP contribution in [0.1, 0.15) is 51.3 Å². The Balaban J connectivity index is 1.83. The van der Waals surface area contributed by atoms with Crippen LogP contribution < -0.4 is 0 Å². The average molecular weight is 311 g/mol. The summed E-state index contributed by atoms with van der Waals surface area (Å²) in [7, 11) is 0. The summed E-state index contributed by atoms with van der Waals surface area (Å²) in [5, 5.41) is 9.00. The first-order valence-electron chi connectivity index (χ1n) is 7.96. The number of ether oxygens (including phenoxy) is 1. The van der Waals surface area contributed by atoms with E-state index in [-0.39, 0.29) is 18.2 Å². The average Bonchev–Trinajstić information content (AvgIpc) is 2.76. The van der Waals surface area contributed by atoms with Crippen molar-refractivity contribution in [3.63, 3.8) is 0 Å². The summed E-state index contributed by atoms with van der Waals surface area (Å²) in [6.07, 6.45) is 6.32. The predicted molar refractivity (Wildman–Crippen MR) is 86.4 cm³/mol. The lowest BCUT2D eigenvalue weighted by Gasteiger charge is -2.35. The SMILES string of the molecule is CC(C)(C)OC(=O)N1C2C=C(c3ccnc(C#N)c3)CC1CC2. The van der Waals surface area contributed by atoms with Crippen LogP contribution in [0.2, 0.25) is 0 Å². The Kier molecular flexibility index (Phi) is 3.85. The molecule has 0 aromatic carbocycles. The Morgan fingerprint density at radius 2 is 2.22 bits per heavy atom. The van der Waals surface area contributed by atoms with Gasteiger partial charge in [-0.25, -0.2) is 9.78 Å². The quantitative estimate of drug-likeness (QED) is 0.796. The minimum atomic E-state index is -0.479. The summed E-state index contributed by atoms with van der Waals surface area (Å²) in [6.45, 7) is 5.66. The summed E-state index contributed by atoms with van der Waals surface area (Å²) in [6, 6.07) is 6.07. The van der Waals surface area contributed by atoms with Crippen molar-refractivity contribution in [3.05, 3.63) is 35.7 Å². The Bertz CT molecular complexity index is 697. The molecule has 1 saturated heterocycles. The lowest BCUT2D eigenvalue weighted by Crippen LogP contribution is -2.45. The van der Waals surface area contributed by atoms with Crippen LogP contribution in [0, 0.1) is 11.3 Å². The van der Waals surface area contributed by atoms with Crippen molar-refractivity contribution in [2.45, 2.75) is 57.7 Å². The standard InChI is InChI=1S/C18H21N3O2/c1-18(2,3)23-17(22)21-15-4-5-16(21)10-13(9-15)12-6-7-20-14(8-12)11-19/h6-9,15-16H,4-5,10H2,1-3H3. The summed E-state index contributed by atoms with van der Waals surface area (Å²) < 4.78 is 5.54. The molecule has 2 aliphatic heterocycles. The number of aromatic nitrogens is 1. The Morgan fingerprint density at radius 1 is 1.43 bits per heavy atom.